The van der Waals surface area contributed by atoms with E-state index in [1.807, 2.05) is 6.92 Å². The number of rotatable bonds is 2. The van der Waals surface area contributed by atoms with Crippen molar-refractivity contribution < 1.29 is 9.50 Å². The molecule has 0 radical (unpaired) electrons. The Morgan fingerprint density at radius 3 is 2.93 bits per heavy atom. The fourth-order valence-electron chi connectivity index (χ4n) is 1.42. The zero-order valence-corrected chi connectivity index (χ0v) is 8.96. The summed E-state index contributed by atoms with van der Waals surface area (Å²) in [5, 5.41) is 9.99. The molecule has 0 fully saturated rings. The molecule has 4 heteroatoms. The van der Waals surface area contributed by atoms with Gasteiger partial charge in [0.25, 0.3) is 0 Å². The van der Waals surface area contributed by atoms with E-state index in [4.69, 9.17) is 0 Å². The Kier molecular flexibility index (Phi) is 2.79. The first-order valence-electron chi connectivity index (χ1n) is 4.51. The van der Waals surface area contributed by atoms with Gasteiger partial charge in [-0.2, -0.15) is 0 Å². The smallest absolute Gasteiger partial charge is 0.123 e. The van der Waals surface area contributed by atoms with Crippen LogP contribution in [0.25, 0.3) is 0 Å². The molecular formula is C11H10FNOS. The molecule has 0 spiro atoms. The molecule has 2 nitrogen and oxygen atoms in total. The molecule has 1 N–H and O–H groups in total. The van der Waals surface area contributed by atoms with Gasteiger partial charge in [-0.15, -0.1) is 11.3 Å². The zero-order valence-electron chi connectivity index (χ0n) is 8.14. The van der Waals surface area contributed by atoms with Crippen molar-refractivity contribution in [3.05, 3.63) is 51.7 Å². The molecular weight excluding hydrogens is 213 g/mol. The van der Waals surface area contributed by atoms with Crippen molar-refractivity contribution in [2.24, 2.45) is 0 Å². The third-order valence-electron chi connectivity index (χ3n) is 2.26. The molecule has 0 saturated carbocycles. The number of hydrogen-bond donors (Lipinski definition) is 1. The summed E-state index contributed by atoms with van der Waals surface area (Å²) in [5.74, 6) is -0.334. The number of aliphatic hydroxyl groups excluding tert-OH is 1. The minimum atomic E-state index is -0.784. The van der Waals surface area contributed by atoms with Crippen molar-refractivity contribution in [1.82, 2.24) is 4.98 Å². The highest BCUT2D eigenvalue weighted by Crippen LogP contribution is 2.27. The summed E-state index contributed by atoms with van der Waals surface area (Å²) in [5.41, 5.74) is 3.12. The molecule has 78 valence electrons. The summed E-state index contributed by atoms with van der Waals surface area (Å²) in [4.78, 5) is 4.61. The summed E-state index contributed by atoms with van der Waals surface area (Å²) >= 11 is 1.36. The number of benzene rings is 1. The van der Waals surface area contributed by atoms with Gasteiger partial charge in [0.2, 0.25) is 0 Å². The Morgan fingerprint density at radius 2 is 2.27 bits per heavy atom. The second kappa shape index (κ2) is 4.08. The van der Waals surface area contributed by atoms with E-state index < -0.39 is 6.10 Å². The first-order chi connectivity index (χ1) is 7.18. The van der Waals surface area contributed by atoms with Crippen LogP contribution in [0, 0.1) is 12.7 Å². The van der Waals surface area contributed by atoms with Gasteiger partial charge in [0.05, 0.1) is 10.4 Å². The van der Waals surface area contributed by atoms with E-state index in [-0.39, 0.29) is 5.82 Å². The van der Waals surface area contributed by atoms with Crippen LogP contribution in [0.3, 0.4) is 0 Å². The average molecular weight is 223 g/mol. The predicted octanol–water partition coefficient (Wildman–Crippen LogP) is 2.67. The maximum atomic E-state index is 13.0. The van der Waals surface area contributed by atoms with E-state index >= 15 is 0 Å². The maximum Gasteiger partial charge on any atom is 0.123 e. The molecule has 0 aliphatic rings. The van der Waals surface area contributed by atoms with E-state index in [9.17, 15) is 9.50 Å². The summed E-state index contributed by atoms with van der Waals surface area (Å²) in [6.45, 7) is 1.85. The first kappa shape index (κ1) is 10.3. The minimum absolute atomic E-state index is 0.334. The minimum Gasteiger partial charge on any atom is -0.383 e. The van der Waals surface area contributed by atoms with Crippen molar-refractivity contribution >= 4 is 11.3 Å². The van der Waals surface area contributed by atoms with Crippen molar-refractivity contribution in [2.75, 3.05) is 0 Å². The van der Waals surface area contributed by atoms with Gasteiger partial charge in [0.1, 0.15) is 11.9 Å². The Hall–Kier alpha value is -1.26. The Bertz CT molecular complexity index is 456. The Labute approximate surface area is 91.0 Å². The lowest BCUT2D eigenvalue weighted by Gasteiger charge is -2.11. The summed E-state index contributed by atoms with van der Waals surface area (Å²) < 4.78 is 13.0. The van der Waals surface area contributed by atoms with E-state index in [0.29, 0.717) is 5.56 Å². The third-order valence-corrected chi connectivity index (χ3v) is 3.08. The zero-order chi connectivity index (χ0) is 10.8. The third kappa shape index (κ3) is 2.06. The van der Waals surface area contributed by atoms with Crippen molar-refractivity contribution in [2.45, 2.75) is 13.0 Å². The number of aromatic nitrogens is 1. The lowest BCUT2D eigenvalue weighted by atomic mass is 10.0. The summed E-state index contributed by atoms with van der Waals surface area (Å²) in [7, 11) is 0. The Balaban J connectivity index is 2.41. The van der Waals surface area contributed by atoms with Crippen LogP contribution in [0.2, 0.25) is 0 Å². The highest BCUT2D eigenvalue weighted by Gasteiger charge is 2.14. The summed E-state index contributed by atoms with van der Waals surface area (Å²) in [6, 6.07) is 4.41. The molecule has 0 aliphatic carbocycles. The van der Waals surface area contributed by atoms with Crippen LogP contribution < -0.4 is 0 Å². The van der Waals surface area contributed by atoms with Crippen molar-refractivity contribution in [3.8, 4) is 0 Å². The average Bonchev–Trinajstić information content (AvgIpc) is 2.74. The molecule has 0 bridgehead atoms. The fraction of sp³-hybridized carbons (Fsp3) is 0.182. The lowest BCUT2D eigenvalue weighted by molar-refractivity contribution is 0.222. The SMILES string of the molecule is Cc1ccc(F)cc1C(O)c1cncs1. The van der Waals surface area contributed by atoms with Gasteiger partial charge in [-0.1, -0.05) is 6.07 Å². The molecule has 0 amide bonds. The standard InChI is InChI=1S/C11H10FNOS/c1-7-2-3-8(12)4-9(7)11(14)10-5-13-6-15-10/h2-6,11,14H,1H3. The lowest BCUT2D eigenvalue weighted by Crippen LogP contribution is -2.00. The molecule has 1 heterocycles. The van der Waals surface area contributed by atoms with Gasteiger partial charge < -0.3 is 5.11 Å². The van der Waals surface area contributed by atoms with Gasteiger partial charge in [0, 0.05) is 6.20 Å². The Morgan fingerprint density at radius 1 is 1.47 bits per heavy atom. The van der Waals surface area contributed by atoms with Crippen LogP contribution in [-0.4, -0.2) is 10.1 Å². The molecule has 1 aromatic heterocycles. The highest BCUT2D eigenvalue weighted by molar-refractivity contribution is 7.09. The van der Waals surface area contributed by atoms with Gasteiger partial charge in [-0.25, -0.2) is 4.39 Å². The number of aliphatic hydroxyl groups is 1. The molecule has 2 rings (SSSR count). The van der Waals surface area contributed by atoms with Gasteiger partial charge >= 0.3 is 0 Å². The van der Waals surface area contributed by atoms with Crippen molar-refractivity contribution in [3.63, 3.8) is 0 Å². The van der Waals surface area contributed by atoms with Gasteiger partial charge in [-0.05, 0) is 30.2 Å². The molecule has 2 aromatic rings. The largest absolute Gasteiger partial charge is 0.383 e. The maximum absolute atomic E-state index is 13.0. The number of aryl methyl sites for hydroxylation is 1. The van der Waals surface area contributed by atoms with Crippen molar-refractivity contribution in [1.29, 1.82) is 0 Å². The van der Waals surface area contributed by atoms with Crippen LogP contribution in [0.5, 0.6) is 0 Å². The molecule has 0 saturated heterocycles. The van der Waals surface area contributed by atoms with E-state index in [2.05, 4.69) is 4.98 Å². The highest BCUT2D eigenvalue weighted by atomic mass is 32.1. The van der Waals surface area contributed by atoms with E-state index in [1.165, 1.54) is 23.5 Å². The predicted molar refractivity (Wildman–Crippen MR) is 57.3 cm³/mol. The molecule has 1 unspecified atom stereocenters. The second-order valence-electron chi connectivity index (χ2n) is 3.31. The van der Waals surface area contributed by atoms with E-state index in [0.717, 1.165) is 10.4 Å². The van der Waals surface area contributed by atoms with Crippen LogP contribution in [0.15, 0.2) is 29.9 Å². The van der Waals surface area contributed by atoms with E-state index in [1.54, 1.807) is 17.8 Å². The number of thiazole rings is 1. The fourth-order valence-corrected chi connectivity index (χ4v) is 2.04. The quantitative estimate of drug-likeness (QED) is 0.849. The number of hydrogen-bond acceptors (Lipinski definition) is 3. The molecule has 0 aliphatic heterocycles. The monoisotopic (exact) mass is 223 g/mol. The van der Waals surface area contributed by atoms with Gasteiger partial charge in [0.15, 0.2) is 0 Å². The second-order valence-corrected chi connectivity index (χ2v) is 4.23. The van der Waals surface area contributed by atoms with Crippen LogP contribution in [0.1, 0.15) is 22.1 Å². The molecule has 15 heavy (non-hydrogen) atoms. The first-order valence-corrected chi connectivity index (χ1v) is 5.39. The summed E-state index contributed by atoms with van der Waals surface area (Å²) in [6.07, 6.45) is 0.813. The number of halogens is 1. The van der Waals surface area contributed by atoms with Gasteiger partial charge in [-0.3, -0.25) is 4.98 Å². The van der Waals surface area contributed by atoms with Crippen LogP contribution in [0.4, 0.5) is 4.39 Å². The number of nitrogens with zero attached hydrogens (tertiary/aromatic N) is 1. The molecule has 1 atom stereocenters. The topological polar surface area (TPSA) is 33.1 Å². The van der Waals surface area contributed by atoms with Crippen LogP contribution >= 0.6 is 11.3 Å². The normalized spacial score (nSPS) is 12.7. The van der Waals surface area contributed by atoms with Crippen LogP contribution in [-0.2, 0) is 0 Å². The molecule has 1 aromatic carbocycles.